The van der Waals surface area contributed by atoms with E-state index in [1.54, 1.807) is 19.8 Å². The van der Waals surface area contributed by atoms with Crippen LogP contribution in [0.5, 0.6) is 0 Å². The summed E-state index contributed by atoms with van der Waals surface area (Å²) in [6.45, 7) is 0.830. The van der Waals surface area contributed by atoms with Crippen LogP contribution in [0.4, 0.5) is 0 Å². The predicted octanol–water partition coefficient (Wildman–Crippen LogP) is 3.00. The van der Waals surface area contributed by atoms with E-state index in [0.717, 1.165) is 31.6 Å². The van der Waals surface area contributed by atoms with Crippen molar-refractivity contribution in [2.75, 3.05) is 20.8 Å². The highest BCUT2D eigenvalue weighted by atomic mass is 16.7. The molecule has 2 aliphatic carbocycles. The van der Waals surface area contributed by atoms with E-state index in [-0.39, 0.29) is 5.92 Å². The number of hydroxylamine groups is 2. The molecular formula is C16H22N2O2. The maximum Gasteiger partial charge on any atom is 0.140 e. The quantitative estimate of drug-likeness (QED) is 0.776. The minimum atomic E-state index is 0.191. The van der Waals surface area contributed by atoms with Gasteiger partial charge in [0.15, 0.2) is 0 Å². The van der Waals surface area contributed by atoms with Crippen molar-refractivity contribution < 1.29 is 9.57 Å². The highest BCUT2D eigenvalue weighted by Gasteiger charge is 2.39. The molecule has 0 spiro atoms. The molecule has 3 rings (SSSR count). The molecule has 0 aromatic heterocycles. The zero-order valence-corrected chi connectivity index (χ0v) is 12.3. The summed E-state index contributed by atoms with van der Waals surface area (Å²) in [6.07, 6.45) is 7.47. The van der Waals surface area contributed by atoms with Crippen molar-refractivity contribution in [3.05, 3.63) is 23.1 Å². The highest BCUT2D eigenvalue weighted by molar-refractivity contribution is 5.38. The molecule has 4 nitrogen and oxygen atoms in total. The summed E-state index contributed by atoms with van der Waals surface area (Å²) in [7, 11) is 3.42. The van der Waals surface area contributed by atoms with Gasteiger partial charge in [-0.1, -0.05) is 5.57 Å². The largest absolute Gasteiger partial charge is 0.495 e. The molecule has 3 unspecified atom stereocenters. The van der Waals surface area contributed by atoms with Gasteiger partial charge >= 0.3 is 0 Å². The van der Waals surface area contributed by atoms with Crippen molar-refractivity contribution in [3.63, 3.8) is 0 Å². The summed E-state index contributed by atoms with van der Waals surface area (Å²) >= 11 is 0. The van der Waals surface area contributed by atoms with Gasteiger partial charge in [0, 0.05) is 11.8 Å². The van der Waals surface area contributed by atoms with Gasteiger partial charge in [0.05, 0.1) is 33.0 Å². The topological polar surface area (TPSA) is 45.5 Å². The lowest BCUT2D eigenvalue weighted by Crippen LogP contribution is -2.33. The first-order chi connectivity index (χ1) is 9.76. The maximum atomic E-state index is 9.32. The fraction of sp³-hybridized carbons (Fsp3) is 0.688. The highest BCUT2D eigenvalue weighted by Crippen LogP contribution is 2.48. The number of nitrogens with zero attached hydrogens (tertiary/aromatic N) is 2. The summed E-state index contributed by atoms with van der Waals surface area (Å²) in [5, 5.41) is 11.2. The van der Waals surface area contributed by atoms with Crippen LogP contribution in [0.1, 0.15) is 32.1 Å². The number of nitriles is 1. The molecule has 0 aromatic rings. The van der Waals surface area contributed by atoms with Gasteiger partial charge in [-0.25, -0.2) is 0 Å². The van der Waals surface area contributed by atoms with Crippen molar-refractivity contribution in [1.29, 1.82) is 5.26 Å². The number of hydrogen-bond donors (Lipinski definition) is 0. The fourth-order valence-corrected chi connectivity index (χ4v) is 4.13. The molecule has 20 heavy (non-hydrogen) atoms. The SMILES string of the molecule is COC1=CN(OC)CC2CC(C#N)CC3CCCC1=C32. The molecule has 0 bridgehead atoms. The van der Waals surface area contributed by atoms with E-state index >= 15 is 0 Å². The molecule has 0 aromatic carbocycles. The minimum Gasteiger partial charge on any atom is -0.495 e. The van der Waals surface area contributed by atoms with Crippen LogP contribution in [-0.4, -0.2) is 25.8 Å². The van der Waals surface area contributed by atoms with Crippen LogP contribution >= 0.6 is 0 Å². The van der Waals surface area contributed by atoms with Crippen LogP contribution in [-0.2, 0) is 9.57 Å². The minimum absolute atomic E-state index is 0.191. The van der Waals surface area contributed by atoms with Crippen molar-refractivity contribution >= 4 is 0 Å². The van der Waals surface area contributed by atoms with Gasteiger partial charge in [0.2, 0.25) is 0 Å². The van der Waals surface area contributed by atoms with Crippen molar-refractivity contribution in [1.82, 2.24) is 5.06 Å². The van der Waals surface area contributed by atoms with Crippen LogP contribution < -0.4 is 0 Å². The van der Waals surface area contributed by atoms with Gasteiger partial charge in [0.1, 0.15) is 5.76 Å². The Hall–Kier alpha value is -1.47. The van der Waals surface area contributed by atoms with Crippen LogP contribution in [0.3, 0.4) is 0 Å². The molecule has 3 aliphatic rings. The van der Waals surface area contributed by atoms with Crippen molar-refractivity contribution in [3.8, 4) is 6.07 Å². The van der Waals surface area contributed by atoms with Gasteiger partial charge in [-0.15, -0.1) is 0 Å². The Labute approximate surface area is 120 Å². The Morgan fingerprint density at radius 1 is 1.30 bits per heavy atom. The summed E-state index contributed by atoms with van der Waals surface area (Å²) in [6, 6.07) is 2.49. The van der Waals surface area contributed by atoms with Crippen molar-refractivity contribution in [2.24, 2.45) is 17.8 Å². The molecule has 1 fully saturated rings. The van der Waals surface area contributed by atoms with Crippen molar-refractivity contribution in [2.45, 2.75) is 32.1 Å². The number of methoxy groups -OCH3 is 1. The average molecular weight is 274 g/mol. The van der Waals surface area contributed by atoms with E-state index in [1.807, 2.05) is 11.3 Å². The zero-order chi connectivity index (χ0) is 14.1. The molecule has 1 saturated carbocycles. The lowest BCUT2D eigenvalue weighted by Gasteiger charge is -2.39. The molecule has 1 aliphatic heterocycles. The molecular weight excluding hydrogens is 252 g/mol. The monoisotopic (exact) mass is 274 g/mol. The van der Waals surface area contributed by atoms with Gasteiger partial charge in [0.25, 0.3) is 0 Å². The summed E-state index contributed by atoms with van der Waals surface area (Å²) in [5.74, 6) is 2.13. The molecule has 1 heterocycles. The van der Waals surface area contributed by atoms with Gasteiger partial charge in [-0.2, -0.15) is 5.26 Å². The molecule has 0 N–H and O–H groups in total. The van der Waals surface area contributed by atoms with Crippen LogP contribution in [0.15, 0.2) is 23.1 Å². The Kier molecular flexibility index (Phi) is 3.71. The second-order valence-electron chi connectivity index (χ2n) is 6.00. The standard InChI is InChI=1S/C16H22N2O2/c1-19-15-10-18(20-2)9-13-7-11(8-17)6-12-4-3-5-14(15)16(12)13/h10-13H,3-7,9H2,1-2H3. The third-order valence-corrected chi connectivity index (χ3v) is 4.94. The van der Waals surface area contributed by atoms with E-state index in [4.69, 9.17) is 9.57 Å². The Morgan fingerprint density at radius 2 is 2.10 bits per heavy atom. The molecule has 3 atom stereocenters. The number of rotatable bonds is 2. The number of hydrogen-bond acceptors (Lipinski definition) is 4. The van der Waals surface area contributed by atoms with Crippen LogP contribution in [0, 0.1) is 29.1 Å². The van der Waals surface area contributed by atoms with Gasteiger partial charge < -0.3 is 4.74 Å². The predicted molar refractivity (Wildman–Crippen MR) is 75.0 cm³/mol. The summed E-state index contributed by atoms with van der Waals surface area (Å²) in [4.78, 5) is 5.44. The zero-order valence-electron chi connectivity index (χ0n) is 12.3. The molecule has 108 valence electrons. The average Bonchev–Trinajstić information content (AvgIpc) is 2.65. The smallest absolute Gasteiger partial charge is 0.140 e. The summed E-state index contributed by atoms with van der Waals surface area (Å²) < 4.78 is 5.61. The Morgan fingerprint density at radius 3 is 2.80 bits per heavy atom. The first-order valence-corrected chi connectivity index (χ1v) is 7.46. The molecule has 4 heteroatoms. The second kappa shape index (κ2) is 5.49. The van der Waals surface area contributed by atoms with E-state index < -0.39 is 0 Å². The molecule has 0 saturated heterocycles. The maximum absolute atomic E-state index is 9.32. The first-order valence-electron chi connectivity index (χ1n) is 7.46. The van der Waals surface area contributed by atoms with Gasteiger partial charge in [-0.05, 0) is 43.6 Å². The Balaban J connectivity index is 2.02. The van der Waals surface area contributed by atoms with Crippen LogP contribution in [0.25, 0.3) is 0 Å². The number of ether oxygens (including phenoxy) is 1. The third-order valence-electron chi connectivity index (χ3n) is 4.94. The second-order valence-corrected chi connectivity index (χ2v) is 6.00. The molecule has 0 amide bonds. The van der Waals surface area contributed by atoms with E-state index in [1.165, 1.54) is 18.4 Å². The van der Waals surface area contributed by atoms with E-state index in [2.05, 4.69) is 6.07 Å². The lowest BCUT2D eigenvalue weighted by molar-refractivity contribution is -0.0981. The molecule has 0 radical (unpaired) electrons. The van der Waals surface area contributed by atoms with E-state index in [9.17, 15) is 5.26 Å². The normalized spacial score (nSPS) is 33.0. The third kappa shape index (κ3) is 2.20. The Bertz CT molecular complexity index is 489. The fourth-order valence-electron chi connectivity index (χ4n) is 4.13. The number of allylic oxidation sites excluding steroid dienone is 1. The lowest BCUT2D eigenvalue weighted by atomic mass is 9.66. The van der Waals surface area contributed by atoms with Crippen LogP contribution in [0.2, 0.25) is 0 Å². The first kappa shape index (κ1) is 13.5. The summed E-state index contributed by atoms with van der Waals surface area (Å²) in [5.41, 5.74) is 2.93. The van der Waals surface area contributed by atoms with E-state index in [0.29, 0.717) is 11.8 Å². The van der Waals surface area contributed by atoms with Gasteiger partial charge in [-0.3, -0.25) is 9.90 Å².